The van der Waals surface area contributed by atoms with Crippen molar-refractivity contribution in [3.63, 3.8) is 0 Å². The van der Waals surface area contributed by atoms with Gasteiger partial charge < -0.3 is 10.6 Å². The molecule has 0 amide bonds. The van der Waals surface area contributed by atoms with E-state index in [1.54, 1.807) is 12.1 Å². The Morgan fingerprint density at radius 1 is 0.968 bits per heavy atom. The summed E-state index contributed by atoms with van der Waals surface area (Å²) in [5, 5.41) is 6.11. The molecule has 2 N–H and O–H groups in total. The fourth-order valence-electron chi connectivity index (χ4n) is 3.60. The summed E-state index contributed by atoms with van der Waals surface area (Å²) in [6.07, 6.45) is 8.45. The van der Waals surface area contributed by atoms with Gasteiger partial charge in [0, 0.05) is 30.8 Å². The minimum atomic E-state index is -3.43. The predicted octanol–water partition coefficient (Wildman–Crippen LogP) is 3.31. The van der Waals surface area contributed by atoms with Crippen molar-refractivity contribution in [2.45, 2.75) is 30.7 Å². The maximum atomic E-state index is 12.0. The Hall–Kier alpha value is -3.11. The average Bonchev–Trinajstić information content (AvgIpc) is 3.29. The molecule has 3 aromatic rings. The van der Waals surface area contributed by atoms with Crippen molar-refractivity contribution in [2.24, 2.45) is 0 Å². The molecule has 1 aliphatic rings. The second kappa shape index (κ2) is 8.94. The summed E-state index contributed by atoms with van der Waals surface area (Å²) in [5.41, 5.74) is 1.18. The highest BCUT2D eigenvalue weighted by Gasteiger charge is 2.19. The van der Waals surface area contributed by atoms with E-state index < -0.39 is 9.84 Å². The zero-order valence-corrected chi connectivity index (χ0v) is 18.3. The highest BCUT2D eigenvalue weighted by Crippen LogP contribution is 2.26. The summed E-state index contributed by atoms with van der Waals surface area (Å²) in [6, 6.07) is 9.10. The fraction of sp³-hybridized carbons (Fsp3) is 0.333. The lowest BCUT2D eigenvalue weighted by atomic mass is 10.1. The summed E-state index contributed by atoms with van der Waals surface area (Å²) in [6.45, 7) is 4.48. The zero-order chi connectivity index (χ0) is 21.8. The molecule has 31 heavy (non-hydrogen) atoms. The molecule has 9 nitrogen and oxygen atoms in total. The van der Waals surface area contributed by atoms with E-state index in [1.807, 2.05) is 12.3 Å². The van der Waals surface area contributed by atoms with Crippen LogP contribution in [0.25, 0.3) is 0 Å². The van der Waals surface area contributed by atoms with E-state index in [9.17, 15) is 8.42 Å². The number of hydrogen-bond acceptors (Lipinski definition) is 9. The van der Waals surface area contributed by atoms with Crippen LogP contribution < -0.4 is 10.6 Å². The van der Waals surface area contributed by atoms with Gasteiger partial charge in [-0.1, -0.05) is 6.07 Å². The van der Waals surface area contributed by atoms with Gasteiger partial charge in [0.2, 0.25) is 0 Å². The predicted molar refractivity (Wildman–Crippen MR) is 119 cm³/mol. The van der Waals surface area contributed by atoms with E-state index in [0.717, 1.165) is 19.3 Å². The number of anilines is 4. The van der Waals surface area contributed by atoms with Gasteiger partial charge in [-0.3, -0.25) is 4.90 Å². The average molecular weight is 440 g/mol. The quantitative estimate of drug-likeness (QED) is 0.572. The lowest BCUT2D eigenvalue weighted by molar-refractivity contribution is 0.263. The second-order valence-corrected chi connectivity index (χ2v) is 9.54. The van der Waals surface area contributed by atoms with E-state index in [2.05, 4.69) is 48.5 Å². The van der Waals surface area contributed by atoms with E-state index in [4.69, 9.17) is 0 Å². The van der Waals surface area contributed by atoms with Gasteiger partial charge in [0.1, 0.15) is 34.5 Å². The Morgan fingerprint density at radius 3 is 2.39 bits per heavy atom. The molecule has 0 bridgehead atoms. The van der Waals surface area contributed by atoms with Crippen molar-refractivity contribution in [3.8, 4) is 0 Å². The number of likely N-dealkylation sites (tertiary alicyclic amines) is 1. The molecule has 3 aromatic heterocycles. The van der Waals surface area contributed by atoms with Crippen molar-refractivity contribution in [1.29, 1.82) is 0 Å². The largest absolute Gasteiger partial charge is 0.325 e. The number of nitrogens with one attached hydrogen (secondary N) is 2. The normalized spacial score (nSPS) is 15.5. The van der Waals surface area contributed by atoms with E-state index in [0.29, 0.717) is 23.5 Å². The molecule has 10 heteroatoms. The van der Waals surface area contributed by atoms with Crippen molar-refractivity contribution in [3.05, 3.63) is 54.6 Å². The molecule has 0 aromatic carbocycles. The summed E-state index contributed by atoms with van der Waals surface area (Å²) in [4.78, 5) is 19.6. The van der Waals surface area contributed by atoms with E-state index in [1.165, 1.54) is 37.0 Å². The maximum absolute atomic E-state index is 12.0. The number of rotatable bonds is 7. The van der Waals surface area contributed by atoms with Crippen LogP contribution in [0.1, 0.15) is 31.4 Å². The molecular formula is C21H25N7O2S. The lowest BCUT2D eigenvalue weighted by Crippen LogP contribution is -2.23. The first-order chi connectivity index (χ1) is 14.9. The van der Waals surface area contributed by atoms with E-state index >= 15 is 0 Å². The molecule has 0 spiro atoms. The standard InChI is InChI=1S/C21H25N7O2S/c1-15(28-10-3-4-11-28)16-7-8-18(23-13-16)26-19-12-20(25-14-24-19)27-21-17(31(2,29)30)6-5-9-22-21/h5-9,12-15H,3-4,10-11H2,1-2H3,(H2,22,23,24,25,26,27)/t15-/m0/s1. The van der Waals surface area contributed by atoms with Crippen molar-refractivity contribution in [1.82, 2.24) is 24.8 Å². The molecule has 1 aliphatic heterocycles. The van der Waals surface area contributed by atoms with Crippen molar-refractivity contribution < 1.29 is 8.42 Å². The van der Waals surface area contributed by atoms with Gasteiger partial charge in [-0.05, 0) is 56.6 Å². The highest BCUT2D eigenvalue weighted by molar-refractivity contribution is 7.90. The SMILES string of the molecule is C[C@@H](c1ccc(Nc2cc(Nc3ncccc3S(C)(=O)=O)ncn2)nc1)N1CCCC1. The van der Waals surface area contributed by atoms with Gasteiger partial charge >= 0.3 is 0 Å². The Bertz CT molecular complexity index is 1150. The molecule has 162 valence electrons. The van der Waals surface area contributed by atoms with Crippen LogP contribution in [0.3, 0.4) is 0 Å². The summed E-state index contributed by atoms with van der Waals surface area (Å²) < 4.78 is 24.0. The van der Waals surface area contributed by atoms with Crippen LogP contribution >= 0.6 is 0 Å². The molecule has 0 saturated carbocycles. The summed E-state index contributed by atoms with van der Waals surface area (Å²) in [5.74, 6) is 1.83. The molecule has 1 atom stereocenters. The number of aromatic nitrogens is 4. The molecule has 0 radical (unpaired) electrons. The van der Waals surface area contributed by atoms with Gasteiger partial charge in [0.25, 0.3) is 0 Å². The Labute approximate surface area is 181 Å². The molecule has 0 aliphatic carbocycles. The number of pyridine rings is 2. The second-order valence-electron chi connectivity index (χ2n) is 7.56. The van der Waals surface area contributed by atoms with Crippen LogP contribution in [0.2, 0.25) is 0 Å². The zero-order valence-electron chi connectivity index (χ0n) is 17.5. The van der Waals surface area contributed by atoms with Crippen molar-refractivity contribution in [2.75, 3.05) is 30.0 Å². The first-order valence-corrected chi connectivity index (χ1v) is 12.0. The summed E-state index contributed by atoms with van der Waals surface area (Å²) >= 11 is 0. The Morgan fingerprint density at radius 2 is 1.71 bits per heavy atom. The lowest BCUT2D eigenvalue weighted by Gasteiger charge is -2.23. The van der Waals surface area contributed by atoms with Crippen LogP contribution in [-0.2, 0) is 9.84 Å². The fourth-order valence-corrected chi connectivity index (χ4v) is 4.38. The summed E-state index contributed by atoms with van der Waals surface area (Å²) in [7, 11) is -3.43. The highest BCUT2D eigenvalue weighted by atomic mass is 32.2. The molecule has 1 saturated heterocycles. The molecule has 4 rings (SSSR count). The molecule has 4 heterocycles. The van der Waals surface area contributed by atoms with Crippen LogP contribution in [0.4, 0.5) is 23.3 Å². The third-order valence-corrected chi connectivity index (χ3v) is 6.43. The van der Waals surface area contributed by atoms with Crippen LogP contribution in [0.5, 0.6) is 0 Å². The number of nitrogens with zero attached hydrogens (tertiary/aromatic N) is 5. The molecule has 0 unspecified atom stereocenters. The van der Waals surface area contributed by atoms with Crippen LogP contribution in [-0.4, -0.2) is 52.6 Å². The van der Waals surface area contributed by atoms with Gasteiger partial charge in [-0.2, -0.15) is 0 Å². The molecular weight excluding hydrogens is 414 g/mol. The van der Waals surface area contributed by atoms with Gasteiger partial charge in [-0.15, -0.1) is 0 Å². The number of sulfone groups is 1. The Kier molecular flexibility index (Phi) is 6.10. The topological polar surface area (TPSA) is 113 Å². The third kappa shape index (κ3) is 5.15. The van der Waals surface area contributed by atoms with Gasteiger partial charge in [0.05, 0.1) is 0 Å². The first kappa shape index (κ1) is 21.1. The van der Waals surface area contributed by atoms with Gasteiger partial charge in [-0.25, -0.2) is 28.4 Å². The first-order valence-electron chi connectivity index (χ1n) is 10.1. The maximum Gasteiger partial charge on any atom is 0.179 e. The van der Waals surface area contributed by atoms with Crippen LogP contribution in [0.15, 0.2) is 53.9 Å². The van der Waals surface area contributed by atoms with E-state index in [-0.39, 0.29) is 10.7 Å². The van der Waals surface area contributed by atoms with Gasteiger partial charge in [0.15, 0.2) is 9.84 Å². The molecule has 1 fully saturated rings. The minimum absolute atomic E-state index is 0.104. The third-order valence-electron chi connectivity index (χ3n) is 5.30. The van der Waals surface area contributed by atoms with Crippen molar-refractivity contribution >= 4 is 33.1 Å². The monoisotopic (exact) mass is 439 g/mol. The minimum Gasteiger partial charge on any atom is -0.325 e. The Balaban J connectivity index is 1.47. The smallest absolute Gasteiger partial charge is 0.179 e. The van der Waals surface area contributed by atoms with Crippen LogP contribution in [0, 0.1) is 0 Å². The number of hydrogen-bond donors (Lipinski definition) is 2.